The van der Waals surface area contributed by atoms with Crippen LogP contribution in [0.3, 0.4) is 0 Å². The smallest absolute Gasteiger partial charge is 0.227 e. The summed E-state index contributed by atoms with van der Waals surface area (Å²) in [6.07, 6.45) is 0.321. The Kier molecular flexibility index (Phi) is 4.36. The van der Waals surface area contributed by atoms with E-state index in [0.717, 1.165) is 29.3 Å². The summed E-state index contributed by atoms with van der Waals surface area (Å²) in [5.74, 6) is -0.184. The molecular weight excluding hydrogens is 337 g/mol. The molecule has 3 aromatic rings. The zero-order chi connectivity index (χ0) is 17.2. The van der Waals surface area contributed by atoms with E-state index in [9.17, 15) is 9.18 Å². The van der Waals surface area contributed by atoms with Gasteiger partial charge in [-0.3, -0.25) is 4.79 Å². The van der Waals surface area contributed by atoms with E-state index in [1.165, 1.54) is 16.8 Å². The number of amides is 1. The number of piperazine rings is 1. The molecule has 0 bridgehead atoms. The molecule has 0 radical (unpaired) electrons. The van der Waals surface area contributed by atoms with Crippen LogP contribution >= 0.6 is 11.3 Å². The van der Waals surface area contributed by atoms with Gasteiger partial charge in [0.2, 0.25) is 5.91 Å². The number of hydrogen-bond acceptors (Lipinski definition) is 4. The molecule has 25 heavy (non-hydrogen) atoms. The second-order valence-corrected chi connectivity index (χ2v) is 7.14. The van der Waals surface area contributed by atoms with Gasteiger partial charge in [0.1, 0.15) is 5.82 Å². The molecule has 0 unspecified atom stereocenters. The van der Waals surface area contributed by atoms with Gasteiger partial charge in [-0.1, -0.05) is 35.6 Å². The van der Waals surface area contributed by atoms with E-state index in [0.29, 0.717) is 19.5 Å². The molecule has 0 atom stereocenters. The highest BCUT2D eigenvalue weighted by molar-refractivity contribution is 7.22. The fourth-order valence-corrected chi connectivity index (χ4v) is 4.05. The van der Waals surface area contributed by atoms with Crippen LogP contribution in [0.2, 0.25) is 0 Å². The summed E-state index contributed by atoms with van der Waals surface area (Å²) in [6.45, 7) is 2.95. The monoisotopic (exact) mass is 355 g/mol. The standard InChI is InChI=1S/C19H18FN3OS/c20-15-7-5-14(6-8-15)13-18(24)22-9-11-23(12-10-22)19-21-16-3-1-2-4-17(16)25-19/h1-8H,9-13H2. The fourth-order valence-electron chi connectivity index (χ4n) is 3.03. The Labute approximate surface area is 149 Å². The van der Waals surface area contributed by atoms with Gasteiger partial charge in [0.15, 0.2) is 5.13 Å². The molecule has 1 aliphatic rings. The van der Waals surface area contributed by atoms with Gasteiger partial charge in [-0.25, -0.2) is 9.37 Å². The van der Waals surface area contributed by atoms with E-state index in [1.54, 1.807) is 23.5 Å². The van der Waals surface area contributed by atoms with Crippen molar-refractivity contribution in [3.8, 4) is 0 Å². The van der Waals surface area contributed by atoms with Crippen LogP contribution in [0, 0.1) is 5.82 Å². The minimum absolute atomic E-state index is 0.0931. The number of fused-ring (bicyclic) bond motifs is 1. The van der Waals surface area contributed by atoms with Gasteiger partial charge >= 0.3 is 0 Å². The van der Waals surface area contributed by atoms with Gasteiger partial charge in [0, 0.05) is 26.2 Å². The van der Waals surface area contributed by atoms with Crippen molar-refractivity contribution in [2.45, 2.75) is 6.42 Å². The molecule has 128 valence electrons. The lowest BCUT2D eigenvalue weighted by atomic mass is 10.1. The normalized spacial score (nSPS) is 14.9. The third-order valence-corrected chi connectivity index (χ3v) is 5.55. The minimum Gasteiger partial charge on any atom is -0.345 e. The molecule has 2 aromatic carbocycles. The molecule has 4 nitrogen and oxygen atoms in total. The summed E-state index contributed by atoms with van der Waals surface area (Å²) in [4.78, 5) is 21.2. The number of aromatic nitrogens is 1. The number of rotatable bonds is 3. The second kappa shape index (κ2) is 6.80. The van der Waals surface area contributed by atoms with Crippen molar-refractivity contribution in [1.29, 1.82) is 0 Å². The predicted molar refractivity (Wildman–Crippen MR) is 98.5 cm³/mol. The van der Waals surface area contributed by atoms with Crippen molar-refractivity contribution in [2.75, 3.05) is 31.1 Å². The van der Waals surface area contributed by atoms with E-state index < -0.39 is 0 Å². The van der Waals surface area contributed by atoms with Crippen LogP contribution in [0.15, 0.2) is 48.5 Å². The Morgan fingerprint density at radius 3 is 2.48 bits per heavy atom. The zero-order valence-corrected chi connectivity index (χ0v) is 14.5. The number of benzene rings is 2. The molecule has 0 saturated carbocycles. The Bertz CT molecular complexity index is 852. The first-order valence-corrected chi connectivity index (χ1v) is 9.13. The average Bonchev–Trinajstić information content (AvgIpc) is 3.08. The largest absolute Gasteiger partial charge is 0.345 e. The zero-order valence-electron chi connectivity index (χ0n) is 13.7. The predicted octanol–water partition coefficient (Wildman–Crippen LogP) is 3.33. The summed E-state index contributed by atoms with van der Waals surface area (Å²) in [6, 6.07) is 14.3. The summed E-state index contributed by atoms with van der Waals surface area (Å²) < 4.78 is 14.1. The van der Waals surface area contributed by atoms with Crippen molar-refractivity contribution in [3.63, 3.8) is 0 Å². The summed E-state index contributed by atoms with van der Waals surface area (Å²) >= 11 is 1.69. The number of hydrogen-bond donors (Lipinski definition) is 0. The van der Waals surface area contributed by atoms with E-state index in [4.69, 9.17) is 0 Å². The maximum atomic E-state index is 13.0. The van der Waals surface area contributed by atoms with Crippen LogP contribution in [-0.4, -0.2) is 42.0 Å². The maximum Gasteiger partial charge on any atom is 0.227 e. The molecule has 1 amide bonds. The highest BCUT2D eigenvalue weighted by Gasteiger charge is 2.23. The third-order valence-electron chi connectivity index (χ3n) is 4.45. The van der Waals surface area contributed by atoms with Gasteiger partial charge in [-0.05, 0) is 29.8 Å². The van der Waals surface area contributed by atoms with Gasteiger partial charge < -0.3 is 9.80 Å². The highest BCUT2D eigenvalue weighted by atomic mass is 32.1. The summed E-state index contributed by atoms with van der Waals surface area (Å²) in [7, 11) is 0. The number of carbonyl (C=O) groups is 1. The number of nitrogens with zero attached hydrogens (tertiary/aromatic N) is 3. The van der Waals surface area contributed by atoms with E-state index in [-0.39, 0.29) is 11.7 Å². The van der Waals surface area contributed by atoms with Crippen molar-refractivity contribution < 1.29 is 9.18 Å². The fraction of sp³-hybridized carbons (Fsp3) is 0.263. The molecule has 0 spiro atoms. The molecular formula is C19H18FN3OS. The average molecular weight is 355 g/mol. The Morgan fingerprint density at radius 1 is 1.04 bits per heavy atom. The molecule has 2 heterocycles. The van der Waals surface area contributed by atoms with Gasteiger partial charge in [0.25, 0.3) is 0 Å². The third kappa shape index (κ3) is 3.49. The molecule has 0 N–H and O–H groups in total. The Morgan fingerprint density at radius 2 is 1.76 bits per heavy atom. The SMILES string of the molecule is O=C(Cc1ccc(F)cc1)N1CCN(c2nc3ccccc3s2)CC1. The van der Waals surface area contributed by atoms with Gasteiger partial charge in [-0.2, -0.15) is 0 Å². The van der Waals surface area contributed by atoms with E-state index in [1.807, 2.05) is 23.1 Å². The second-order valence-electron chi connectivity index (χ2n) is 6.14. The van der Waals surface area contributed by atoms with Crippen LogP contribution in [0.1, 0.15) is 5.56 Å². The molecule has 1 aromatic heterocycles. The lowest BCUT2D eigenvalue weighted by Gasteiger charge is -2.34. The number of carbonyl (C=O) groups excluding carboxylic acids is 1. The number of anilines is 1. The van der Waals surface area contributed by atoms with E-state index in [2.05, 4.69) is 16.0 Å². The lowest BCUT2D eigenvalue weighted by molar-refractivity contribution is -0.130. The Hall–Kier alpha value is -2.47. The number of thiazole rings is 1. The first-order valence-electron chi connectivity index (χ1n) is 8.32. The van der Waals surface area contributed by atoms with Crippen LogP contribution < -0.4 is 4.90 Å². The number of halogens is 1. The summed E-state index contributed by atoms with van der Waals surface area (Å²) in [5.41, 5.74) is 1.87. The van der Waals surface area contributed by atoms with Gasteiger partial charge in [0.05, 0.1) is 16.6 Å². The van der Waals surface area contributed by atoms with Crippen molar-refractivity contribution >= 4 is 32.6 Å². The van der Waals surface area contributed by atoms with Crippen molar-refractivity contribution in [3.05, 3.63) is 59.9 Å². The Balaban J connectivity index is 1.37. The minimum atomic E-state index is -0.277. The quantitative estimate of drug-likeness (QED) is 0.723. The van der Waals surface area contributed by atoms with Crippen LogP contribution in [-0.2, 0) is 11.2 Å². The first-order chi connectivity index (χ1) is 12.2. The molecule has 1 fully saturated rings. The van der Waals surface area contributed by atoms with Crippen molar-refractivity contribution in [1.82, 2.24) is 9.88 Å². The molecule has 1 saturated heterocycles. The topological polar surface area (TPSA) is 36.4 Å². The molecule has 6 heteroatoms. The van der Waals surface area contributed by atoms with Gasteiger partial charge in [-0.15, -0.1) is 0 Å². The molecule has 4 rings (SSSR count). The maximum absolute atomic E-state index is 13.0. The number of para-hydroxylation sites is 1. The van der Waals surface area contributed by atoms with E-state index >= 15 is 0 Å². The van der Waals surface area contributed by atoms with Crippen LogP contribution in [0.25, 0.3) is 10.2 Å². The summed E-state index contributed by atoms with van der Waals surface area (Å²) in [5, 5.41) is 1.02. The molecule has 1 aliphatic heterocycles. The van der Waals surface area contributed by atoms with Crippen LogP contribution in [0.5, 0.6) is 0 Å². The first kappa shape index (κ1) is 16.0. The molecule has 0 aliphatic carbocycles. The lowest BCUT2D eigenvalue weighted by Crippen LogP contribution is -2.49. The van der Waals surface area contributed by atoms with Crippen LogP contribution in [0.4, 0.5) is 9.52 Å². The van der Waals surface area contributed by atoms with Crippen molar-refractivity contribution in [2.24, 2.45) is 0 Å². The highest BCUT2D eigenvalue weighted by Crippen LogP contribution is 2.29.